The summed E-state index contributed by atoms with van der Waals surface area (Å²) in [6.45, 7) is 0.184. The van der Waals surface area contributed by atoms with E-state index in [1.54, 1.807) is 6.07 Å². The first-order valence-corrected chi connectivity index (χ1v) is 8.12. The summed E-state index contributed by atoms with van der Waals surface area (Å²) in [5.41, 5.74) is 3.40. The van der Waals surface area contributed by atoms with Crippen molar-refractivity contribution < 1.29 is 14.3 Å². The SMILES string of the molecule is O=C(Nc1ccccc1)c1cc2c(cc1Cc1ccccc1)OCO2. The largest absolute Gasteiger partial charge is 0.454 e. The van der Waals surface area contributed by atoms with Crippen molar-refractivity contribution in [1.82, 2.24) is 0 Å². The molecule has 1 heterocycles. The van der Waals surface area contributed by atoms with Crippen LogP contribution in [0.5, 0.6) is 11.5 Å². The topological polar surface area (TPSA) is 47.6 Å². The van der Waals surface area contributed by atoms with Crippen LogP contribution in [0.3, 0.4) is 0 Å². The Morgan fingerprint density at radius 1 is 0.880 bits per heavy atom. The third-order valence-electron chi connectivity index (χ3n) is 4.11. The third-order valence-corrected chi connectivity index (χ3v) is 4.11. The summed E-state index contributed by atoms with van der Waals surface area (Å²) in [6, 6.07) is 23.1. The summed E-state index contributed by atoms with van der Waals surface area (Å²) in [6.07, 6.45) is 0.648. The number of rotatable bonds is 4. The molecule has 3 aromatic carbocycles. The molecule has 4 nitrogen and oxygen atoms in total. The minimum atomic E-state index is -0.157. The van der Waals surface area contributed by atoms with E-state index >= 15 is 0 Å². The normalized spacial score (nSPS) is 12.0. The third kappa shape index (κ3) is 3.33. The van der Waals surface area contributed by atoms with Gasteiger partial charge in [0.1, 0.15) is 0 Å². The lowest BCUT2D eigenvalue weighted by molar-refractivity contribution is 0.102. The maximum Gasteiger partial charge on any atom is 0.256 e. The highest BCUT2D eigenvalue weighted by atomic mass is 16.7. The maximum atomic E-state index is 12.8. The Bertz CT molecular complexity index is 892. The molecule has 0 radical (unpaired) electrons. The number of carbonyl (C=O) groups excluding carboxylic acids is 1. The van der Waals surface area contributed by atoms with Gasteiger partial charge in [0.05, 0.1) is 0 Å². The molecule has 4 heteroatoms. The highest BCUT2D eigenvalue weighted by Gasteiger charge is 2.21. The standard InChI is InChI=1S/C21H17NO3/c23-21(22-17-9-5-2-6-10-17)18-13-20-19(24-14-25-20)12-16(18)11-15-7-3-1-4-8-15/h1-10,12-13H,11,14H2,(H,22,23). The van der Waals surface area contributed by atoms with Gasteiger partial charge in [-0.2, -0.15) is 0 Å². The van der Waals surface area contributed by atoms with Crippen LogP contribution in [0, 0.1) is 0 Å². The van der Waals surface area contributed by atoms with E-state index in [9.17, 15) is 4.79 Å². The van der Waals surface area contributed by atoms with Crippen molar-refractivity contribution in [3.8, 4) is 11.5 Å². The lowest BCUT2D eigenvalue weighted by atomic mass is 9.98. The second-order valence-electron chi connectivity index (χ2n) is 5.85. The van der Waals surface area contributed by atoms with E-state index in [4.69, 9.17) is 9.47 Å². The van der Waals surface area contributed by atoms with Crippen molar-refractivity contribution in [1.29, 1.82) is 0 Å². The van der Waals surface area contributed by atoms with Gasteiger partial charge in [0.15, 0.2) is 11.5 Å². The zero-order chi connectivity index (χ0) is 17.1. The molecule has 124 valence electrons. The number of amides is 1. The highest BCUT2D eigenvalue weighted by Crippen LogP contribution is 2.36. The number of benzene rings is 3. The Kier molecular flexibility index (Phi) is 4.09. The van der Waals surface area contributed by atoms with E-state index in [0.717, 1.165) is 16.8 Å². The average Bonchev–Trinajstić information content (AvgIpc) is 3.10. The molecule has 0 fully saturated rings. The fraction of sp³-hybridized carbons (Fsp3) is 0.0952. The summed E-state index contributed by atoms with van der Waals surface area (Å²) in [7, 11) is 0. The van der Waals surface area contributed by atoms with Crippen molar-refractivity contribution >= 4 is 11.6 Å². The molecule has 25 heavy (non-hydrogen) atoms. The molecular formula is C21H17NO3. The van der Waals surface area contributed by atoms with E-state index in [0.29, 0.717) is 23.5 Å². The molecule has 0 aromatic heterocycles. The summed E-state index contributed by atoms with van der Waals surface area (Å²) >= 11 is 0. The Hall–Kier alpha value is -3.27. The smallest absolute Gasteiger partial charge is 0.256 e. The second-order valence-corrected chi connectivity index (χ2v) is 5.85. The van der Waals surface area contributed by atoms with Crippen molar-refractivity contribution in [2.45, 2.75) is 6.42 Å². The van der Waals surface area contributed by atoms with Crippen LogP contribution in [0.1, 0.15) is 21.5 Å². The van der Waals surface area contributed by atoms with Crippen LogP contribution in [0.25, 0.3) is 0 Å². The predicted octanol–water partition coefficient (Wildman–Crippen LogP) is 4.26. The predicted molar refractivity (Wildman–Crippen MR) is 96.2 cm³/mol. The van der Waals surface area contributed by atoms with Crippen LogP contribution in [0.15, 0.2) is 72.8 Å². The molecule has 4 rings (SSSR count). The van der Waals surface area contributed by atoms with Gasteiger partial charge in [0.2, 0.25) is 6.79 Å². The first kappa shape index (κ1) is 15.3. The van der Waals surface area contributed by atoms with Crippen molar-refractivity contribution in [3.63, 3.8) is 0 Å². The first-order valence-electron chi connectivity index (χ1n) is 8.12. The molecule has 1 aliphatic rings. The highest BCUT2D eigenvalue weighted by molar-refractivity contribution is 6.05. The maximum absolute atomic E-state index is 12.8. The molecule has 0 bridgehead atoms. The Labute approximate surface area is 146 Å². The van der Waals surface area contributed by atoms with Gasteiger partial charge in [0.25, 0.3) is 5.91 Å². The minimum Gasteiger partial charge on any atom is -0.454 e. The molecule has 1 N–H and O–H groups in total. The van der Waals surface area contributed by atoms with Crippen molar-refractivity contribution in [2.75, 3.05) is 12.1 Å². The Morgan fingerprint density at radius 3 is 2.24 bits per heavy atom. The number of hydrogen-bond acceptors (Lipinski definition) is 3. The van der Waals surface area contributed by atoms with E-state index in [1.807, 2.05) is 66.7 Å². The van der Waals surface area contributed by atoms with Crippen LogP contribution < -0.4 is 14.8 Å². The Balaban J connectivity index is 1.68. The van der Waals surface area contributed by atoms with Crippen LogP contribution >= 0.6 is 0 Å². The lowest BCUT2D eigenvalue weighted by Crippen LogP contribution is -2.14. The van der Waals surface area contributed by atoms with Gasteiger partial charge < -0.3 is 14.8 Å². The van der Waals surface area contributed by atoms with Crippen LogP contribution in [-0.4, -0.2) is 12.7 Å². The van der Waals surface area contributed by atoms with Crippen molar-refractivity contribution in [2.24, 2.45) is 0 Å². The van der Waals surface area contributed by atoms with Gasteiger partial charge in [-0.15, -0.1) is 0 Å². The number of carbonyl (C=O) groups is 1. The molecule has 0 saturated heterocycles. The van der Waals surface area contributed by atoms with Gasteiger partial charge in [-0.3, -0.25) is 4.79 Å². The molecular weight excluding hydrogens is 314 g/mol. The molecule has 0 aliphatic carbocycles. The molecule has 0 saturated carbocycles. The fourth-order valence-corrected chi connectivity index (χ4v) is 2.88. The second kappa shape index (κ2) is 6.69. The van der Waals surface area contributed by atoms with E-state index in [1.165, 1.54) is 0 Å². The molecule has 0 atom stereocenters. The van der Waals surface area contributed by atoms with Gasteiger partial charge in [0, 0.05) is 11.3 Å². The molecule has 1 aliphatic heterocycles. The molecule has 3 aromatic rings. The van der Waals surface area contributed by atoms with Gasteiger partial charge in [-0.25, -0.2) is 0 Å². The molecule has 0 unspecified atom stereocenters. The van der Waals surface area contributed by atoms with Crippen LogP contribution in [0.2, 0.25) is 0 Å². The van der Waals surface area contributed by atoms with E-state index in [-0.39, 0.29) is 12.7 Å². The zero-order valence-corrected chi connectivity index (χ0v) is 13.6. The fourth-order valence-electron chi connectivity index (χ4n) is 2.88. The number of anilines is 1. The van der Waals surface area contributed by atoms with E-state index in [2.05, 4.69) is 5.32 Å². The summed E-state index contributed by atoms with van der Waals surface area (Å²) in [5, 5.41) is 2.94. The monoisotopic (exact) mass is 331 g/mol. The van der Waals surface area contributed by atoms with Crippen LogP contribution in [0.4, 0.5) is 5.69 Å². The van der Waals surface area contributed by atoms with Gasteiger partial charge in [-0.05, 0) is 41.8 Å². The average molecular weight is 331 g/mol. The lowest BCUT2D eigenvalue weighted by Gasteiger charge is -2.12. The summed E-state index contributed by atoms with van der Waals surface area (Å²) in [5.74, 6) is 1.13. The summed E-state index contributed by atoms with van der Waals surface area (Å²) in [4.78, 5) is 12.8. The first-order chi connectivity index (χ1) is 12.3. The molecule has 0 spiro atoms. The summed E-state index contributed by atoms with van der Waals surface area (Å²) < 4.78 is 10.9. The number of hydrogen-bond donors (Lipinski definition) is 1. The zero-order valence-electron chi connectivity index (χ0n) is 13.6. The quantitative estimate of drug-likeness (QED) is 0.777. The van der Waals surface area contributed by atoms with Crippen LogP contribution in [-0.2, 0) is 6.42 Å². The van der Waals surface area contributed by atoms with Crippen molar-refractivity contribution in [3.05, 3.63) is 89.5 Å². The Morgan fingerprint density at radius 2 is 1.52 bits per heavy atom. The van der Waals surface area contributed by atoms with Gasteiger partial charge >= 0.3 is 0 Å². The number of para-hydroxylation sites is 1. The van der Waals surface area contributed by atoms with Gasteiger partial charge in [-0.1, -0.05) is 48.5 Å². The number of ether oxygens (including phenoxy) is 2. The minimum absolute atomic E-state index is 0.157. The number of nitrogens with one attached hydrogen (secondary N) is 1. The van der Waals surface area contributed by atoms with E-state index < -0.39 is 0 Å². The molecule has 1 amide bonds. The number of fused-ring (bicyclic) bond motifs is 1.